The molecule has 5 nitrogen and oxygen atoms in total. The molecule has 0 aliphatic carbocycles. The fourth-order valence-electron chi connectivity index (χ4n) is 2.38. The maximum absolute atomic E-state index is 12.3. The zero-order valence-electron chi connectivity index (χ0n) is 11.9. The molecule has 7 heteroatoms. The number of aryl methyl sites for hydroxylation is 1. The maximum atomic E-state index is 12.3. The first-order chi connectivity index (χ1) is 10.6. The third-order valence-electron chi connectivity index (χ3n) is 3.49. The molecule has 0 bridgehead atoms. The third-order valence-corrected chi connectivity index (χ3v) is 4.02. The van der Waals surface area contributed by atoms with E-state index >= 15 is 0 Å². The minimum Gasteiger partial charge on any atom is -0.349 e. The minimum absolute atomic E-state index is 0.145. The molecule has 2 aromatic heterocycles. The lowest BCUT2D eigenvalue weighted by Gasteiger charge is -2.06. The molecule has 22 heavy (non-hydrogen) atoms. The normalized spacial score (nSPS) is 11.0. The first-order valence-electron chi connectivity index (χ1n) is 6.76. The molecule has 0 fully saturated rings. The summed E-state index contributed by atoms with van der Waals surface area (Å²) < 4.78 is 3.52. The van der Waals surface area contributed by atoms with Crippen molar-refractivity contribution in [1.82, 2.24) is 19.7 Å². The zero-order valence-corrected chi connectivity index (χ0v) is 13.4. The van der Waals surface area contributed by atoms with Gasteiger partial charge in [0.05, 0.1) is 17.8 Å². The Labute approximate surface area is 137 Å². The number of benzene rings is 1. The number of nitrogens with one attached hydrogen (secondary N) is 1. The van der Waals surface area contributed by atoms with Gasteiger partial charge in [-0.25, -0.2) is 0 Å². The Kier molecular flexibility index (Phi) is 4.09. The fraction of sp³-hybridized carbons (Fsp3) is 0.200. The predicted molar refractivity (Wildman–Crippen MR) is 87.5 cm³/mol. The van der Waals surface area contributed by atoms with Crippen molar-refractivity contribution in [3.05, 3.63) is 52.4 Å². The van der Waals surface area contributed by atoms with Crippen LogP contribution in [0.1, 0.15) is 10.5 Å². The highest BCUT2D eigenvalue weighted by Crippen LogP contribution is 2.26. The highest BCUT2D eigenvalue weighted by atomic mass is 35.5. The average molecular weight is 337 g/mol. The molecule has 0 saturated carbocycles. The molecule has 0 radical (unpaired) electrons. The molecule has 114 valence electrons. The van der Waals surface area contributed by atoms with Gasteiger partial charge >= 0.3 is 0 Å². The maximum Gasteiger partial charge on any atom is 0.267 e. The summed E-state index contributed by atoms with van der Waals surface area (Å²) in [6, 6.07) is 7.42. The monoisotopic (exact) mass is 336 g/mol. The van der Waals surface area contributed by atoms with E-state index < -0.39 is 0 Å². The Morgan fingerprint density at radius 2 is 2.18 bits per heavy atom. The molecular formula is C15H14Cl2N4O. The van der Waals surface area contributed by atoms with Crippen molar-refractivity contribution < 1.29 is 4.79 Å². The average Bonchev–Trinajstić information content (AvgIpc) is 3.04. The first kappa shape index (κ1) is 14.9. The number of nitrogens with zero attached hydrogens (tertiary/aromatic N) is 3. The van der Waals surface area contributed by atoms with Crippen molar-refractivity contribution in [2.24, 2.45) is 7.05 Å². The van der Waals surface area contributed by atoms with Crippen LogP contribution >= 0.6 is 23.2 Å². The van der Waals surface area contributed by atoms with Gasteiger partial charge < -0.3 is 9.88 Å². The number of fused-ring (bicyclic) bond motifs is 1. The van der Waals surface area contributed by atoms with Crippen LogP contribution in [0, 0.1) is 0 Å². The van der Waals surface area contributed by atoms with Crippen molar-refractivity contribution >= 4 is 40.0 Å². The zero-order chi connectivity index (χ0) is 15.7. The number of carbonyl (C=O) groups is 1. The summed E-state index contributed by atoms with van der Waals surface area (Å²) in [6.07, 6.45) is 3.28. The Hall–Kier alpha value is -1.98. The second-order valence-corrected chi connectivity index (χ2v) is 5.78. The van der Waals surface area contributed by atoms with E-state index in [9.17, 15) is 4.79 Å². The van der Waals surface area contributed by atoms with E-state index in [0.717, 1.165) is 10.9 Å². The van der Waals surface area contributed by atoms with Crippen LogP contribution in [-0.4, -0.2) is 26.8 Å². The summed E-state index contributed by atoms with van der Waals surface area (Å²) in [6.45, 7) is 1.02. The van der Waals surface area contributed by atoms with Crippen molar-refractivity contribution in [3.63, 3.8) is 0 Å². The second-order valence-electron chi connectivity index (χ2n) is 4.94. The number of amides is 1. The number of aromatic nitrogens is 3. The number of hydrogen-bond acceptors (Lipinski definition) is 2. The second kappa shape index (κ2) is 6.02. The summed E-state index contributed by atoms with van der Waals surface area (Å²) in [5, 5.41) is 9.02. The molecule has 0 atom stereocenters. The van der Waals surface area contributed by atoms with E-state index in [1.165, 1.54) is 0 Å². The van der Waals surface area contributed by atoms with Gasteiger partial charge in [-0.3, -0.25) is 9.48 Å². The standard InChI is InChI=1S/C15H14Cl2N4O/c1-20-13-4-2-3-12(17)11(13)7-14(20)15(22)18-5-6-21-9-10(16)8-19-21/h2-4,7-9H,5-6H2,1H3,(H,18,22). The molecule has 0 saturated heterocycles. The van der Waals surface area contributed by atoms with Gasteiger partial charge in [0.25, 0.3) is 5.91 Å². The fourth-order valence-corrected chi connectivity index (χ4v) is 2.76. The lowest BCUT2D eigenvalue weighted by molar-refractivity contribution is 0.0944. The highest BCUT2D eigenvalue weighted by Gasteiger charge is 2.14. The van der Waals surface area contributed by atoms with Crippen molar-refractivity contribution in [1.29, 1.82) is 0 Å². The lowest BCUT2D eigenvalue weighted by atomic mass is 10.2. The van der Waals surface area contributed by atoms with Crippen molar-refractivity contribution in [3.8, 4) is 0 Å². The van der Waals surface area contributed by atoms with Gasteiger partial charge in [-0.05, 0) is 18.2 Å². The number of hydrogen-bond donors (Lipinski definition) is 1. The highest BCUT2D eigenvalue weighted by molar-refractivity contribution is 6.35. The SMILES string of the molecule is Cn1c(C(=O)NCCn2cc(Cl)cn2)cc2c(Cl)cccc21. The summed E-state index contributed by atoms with van der Waals surface area (Å²) in [7, 11) is 1.85. The Bertz CT molecular complexity index is 837. The van der Waals surface area contributed by atoms with E-state index in [2.05, 4.69) is 10.4 Å². The van der Waals surface area contributed by atoms with E-state index in [1.54, 1.807) is 23.1 Å². The van der Waals surface area contributed by atoms with Crippen LogP contribution in [0.5, 0.6) is 0 Å². The van der Waals surface area contributed by atoms with Gasteiger partial charge in [-0.2, -0.15) is 5.10 Å². The molecule has 1 amide bonds. The smallest absolute Gasteiger partial charge is 0.267 e. The Morgan fingerprint density at radius 1 is 1.36 bits per heavy atom. The number of carbonyl (C=O) groups excluding carboxylic acids is 1. The molecule has 0 unspecified atom stereocenters. The Morgan fingerprint density at radius 3 is 2.86 bits per heavy atom. The van der Waals surface area contributed by atoms with Gasteiger partial charge in [-0.15, -0.1) is 0 Å². The van der Waals surface area contributed by atoms with Crippen LogP contribution in [0.15, 0.2) is 36.7 Å². The third kappa shape index (κ3) is 2.82. The van der Waals surface area contributed by atoms with E-state index in [0.29, 0.717) is 28.8 Å². The largest absolute Gasteiger partial charge is 0.349 e. The molecule has 0 spiro atoms. The van der Waals surface area contributed by atoms with Crippen LogP contribution in [0.2, 0.25) is 10.0 Å². The van der Waals surface area contributed by atoms with Crippen LogP contribution in [0.25, 0.3) is 10.9 Å². The molecule has 0 aliphatic heterocycles. The summed E-state index contributed by atoms with van der Waals surface area (Å²) in [5.74, 6) is -0.145. The molecule has 1 N–H and O–H groups in total. The van der Waals surface area contributed by atoms with E-state index in [4.69, 9.17) is 23.2 Å². The Balaban J connectivity index is 1.72. The van der Waals surface area contributed by atoms with Crippen LogP contribution in [0.4, 0.5) is 0 Å². The van der Waals surface area contributed by atoms with E-state index in [-0.39, 0.29) is 5.91 Å². The van der Waals surface area contributed by atoms with Crippen LogP contribution in [0.3, 0.4) is 0 Å². The first-order valence-corrected chi connectivity index (χ1v) is 7.52. The van der Waals surface area contributed by atoms with Gasteiger partial charge in [-0.1, -0.05) is 29.3 Å². The predicted octanol–water partition coefficient (Wildman–Crippen LogP) is 3.11. The molecule has 3 aromatic rings. The molecule has 0 aliphatic rings. The van der Waals surface area contributed by atoms with Crippen molar-refractivity contribution in [2.75, 3.05) is 6.54 Å². The van der Waals surface area contributed by atoms with Gasteiger partial charge in [0.15, 0.2) is 0 Å². The van der Waals surface area contributed by atoms with Crippen LogP contribution in [-0.2, 0) is 13.6 Å². The summed E-state index contributed by atoms with van der Waals surface area (Å²) in [5.41, 5.74) is 1.50. The molecular weight excluding hydrogens is 323 g/mol. The van der Waals surface area contributed by atoms with Crippen LogP contribution < -0.4 is 5.32 Å². The van der Waals surface area contributed by atoms with Gasteiger partial charge in [0, 0.05) is 35.7 Å². The topological polar surface area (TPSA) is 51.9 Å². The minimum atomic E-state index is -0.145. The van der Waals surface area contributed by atoms with E-state index in [1.807, 2.05) is 29.8 Å². The number of halogens is 2. The lowest BCUT2D eigenvalue weighted by Crippen LogP contribution is -2.28. The molecule has 3 rings (SSSR count). The number of rotatable bonds is 4. The summed E-state index contributed by atoms with van der Waals surface area (Å²) in [4.78, 5) is 12.3. The summed E-state index contributed by atoms with van der Waals surface area (Å²) >= 11 is 12.0. The molecule has 1 aromatic carbocycles. The quantitative estimate of drug-likeness (QED) is 0.795. The van der Waals surface area contributed by atoms with Crippen molar-refractivity contribution in [2.45, 2.75) is 6.54 Å². The van der Waals surface area contributed by atoms with Gasteiger partial charge in [0.2, 0.25) is 0 Å². The molecule has 2 heterocycles. The van der Waals surface area contributed by atoms with Gasteiger partial charge in [0.1, 0.15) is 5.69 Å².